The zero-order valence-corrected chi connectivity index (χ0v) is 18.3. The van der Waals surface area contributed by atoms with E-state index in [9.17, 15) is 14.4 Å². The Morgan fingerprint density at radius 1 is 1.30 bits per heavy atom. The molecule has 1 atom stereocenters. The standard InChI is InChI=1S/C20H29N5O4S/c1-4-6-14(19(27)23-9-8-12(2)3)25(11-13-7-5-10-29-13)20(28)17-15(21)16(18(22)26)24-30-17/h5,7,10,12,14H,4,6,8-9,11,21H2,1-3H3,(H2,22,26)(H,23,27). The molecule has 0 bridgehead atoms. The average molecular weight is 436 g/mol. The van der Waals surface area contributed by atoms with E-state index in [1.807, 2.05) is 6.92 Å². The molecule has 3 amide bonds. The fourth-order valence-electron chi connectivity index (χ4n) is 2.96. The van der Waals surface area contributed by atoms with Crippen molar-refractivity contribution >= 4 is 34.9 Å². The van der Waals surface area contributed by atoms with E-state index in [1.54, 1.807) is 12.1 Å². The monoisotopic (exact) mass is 435 g/mol. The summed E-state index contributed by atoms with van der Waals surface area (Å²) in [4.78, 5) is 39.3. The van der Waals surface area contributed by atoms with E-state index >= 15 is 0 Å². The van der Waals surface area contributed by atoms with Crippen molar-refractivity contribution in [3.8, 4) is 0 Å². The van der Waals surface area contributed by atoms with Gasteiger partial charge in [0, 0.05) is 6.54 Å². The highest BCUT2D eigenvalue weighted by Crippen LogP contribution is 2.26. The van der Waals surface area contributed by atoms with Crippen LogP contribution in [-0.4, -0.2) is 39.6 Å². The Balaban J connectivity index is 2.34. The van der Waals surface area contributed by atoms with Gasteiger partial charge in [-0.1, -0.05) is 27.2 Å². The van der Waals surface area contributed by atoms with Gasteiger partial charge in [-0.3, -0.25) is 14.4 Å². The van der Waals surface area contributed by atoms with Gasteiger partial charge in [0.1, 0.15) is 16.7 Å². The van der Waals surface area contributed by atoms with Gasteiger partial charge in [-0.25, -0.2) is 0 Å². The van der Waals surface area contributed by atoms with Crippen LogP contribution in [0.2, 0.25) is 0 Å². The molecule has 0 saturated carbocycles. The minimum atomic E-state index is -0.808. The molecule has 2 rings (SSSR count). The molecule has 9 nitrogen and oxygen atoms in total. The summed E-state index contributed by atoms with van der Waals surface area (Å²) in [6.45, 7) is 6.69. The molecular weight excluding hydrogens is 406 g/mol. The molecule has 0 radical (unpaired) electrons. The van der Waals surface area contributed by atoms with Gasteiger partial charge in [0.2, 0.25) is 5.91 Å². The number of carbonyl (C=O) groups is 3. The molecule has 2 aromatic heterocycles. The SMILES string of the molecule is CCCC(C(=O)NCCC(C)C)N(Cc1ccco1)C(=O)c1snc(C(N)=O)c1N. The average Bonchev–Trinajstić information content (AvgIpc) is 3.33. The first kappa shape index (κ1) is 23.4. The first-order valence-electron chi connectivity index (χ1n) is 9.92. The van der Waals surface area contributed by atoms with Gasteiger partial charge < -0.3 is 26.1 Å². The predicted octanol–water partition coefficient (Wildman–Crippen LogP) is 2.39. The maximum atomic E-state index is 13.4. The molecular formula is C20H29N5O4S. The number of nitrogens with one attached hydrogen (secondary N) is 1. The molecule has 0 spiro atoms. The van der Waals surface area contributed by atoms with Crippen LogP contribution in [-0.2, 0) is 11.3 Å². The van der Waals surface area contributed by atoms with Crippen molar-refractivity contribution in [1.82, 2.24) is 14.6 Å². The number of anilines is 1. The first-order chi connectivity index (χ1) is 14.3. The molecule has 0 aromatic carbocycles. The summed E-state index contributed by atoms with van der Waals surface area (Å²) in [7, 11) is 0. The van der Waals surface area contributed by atoms with Crippen LogP contribution in [0.5, 0.6) is 0 Å². The summed E-state index contributed by atoms with van der Waals surface area (Å²) in [6, 6.07) is 2.71. The smallest absolute Gasteiger partial charge is 0.270 e. The number of amides is 3. The number of hydrogen-bond donors (Lipinski definition) is 3. The molecule has 0 aliphatic rings. The summed E-state index contributed by atoms with van der Waals surface area (Å²) in [5.74, 6) is -0.573. The van der Waals surface area contributed by atoms with Crippen LogP contribution in [0, 0.1) is 5.92 Å². The molecule has 0 aliphatic heterocycles. The largest absolute Gasteiger partial charge is 0.467 e. The van der Waals surface area contributed by atoms with Crippen LogP contribution in [0.15, 0.2) is 22.8 Å². The van der Waals surface area contributed by atoms with Crippen molar-refractivity contribution in [1.29, 1.82) is 0 Å². The van der Waals surface area contributed by atoms with Crippen LogP contribution < -0.4 is 16.8 Å². The molecule has 0 saturated heterocycles. The third-order valence-corrected chi connectivity index (χ3v) is 5.44. The van der Waals surface area contributed by atoms with Gasteiger partial charge in [0.25, 0.3) is 11.8 Å². The number of nitrogens with two attached hydrogens (primary N) is 2. The summed E-state index contributed by atoms with van der Waals surface area (Å²) in [6.07, 6.45) is 3.48. The van der Waals surface area contributed by atoms with Crippen LogP contribution in [0.1, 0.15) is 66.0 Å². The van der Waals surface area contributed by atoms with Crippen LogP contribution in [0.25, 0.3) is 0 Å². The maximum Gasteiger partial charge on any atom is 0.270 e. The van der Waals surface area contributed by atoms with Crippen molar-refractivity contribution in [2.24, 2.45) is 11.7 Å². The highest BCUT2D eigenvalue weighted by Gasteiger charge is 2.33. The van der Waals surface area contributed by atoms with E-state index in [-0.39, 0.29) is 28.7 Å². The normalized spacial score (nSPS) is 12.0. The number of nitrogen functional groups attached to an aromatic ring is 1. The topological polar surface area (TPSA) is 145 Å². The third kappa shape index (κ3) is 5.82. The van der Waals surface area contributed by atoms with Gasteiger partial charge in [-0.05, 0) is 42.4 Å². The minimum absolute atomic E-state index is 0.0718. The van der Waals surface area contributed by atoms with Crippen LogP contribution in [0.3, 0.4) is 0 Å². The molecule has 0 aliphatic carbocycles. The summed E-state index contributed by atoms with van der Waals surface area (Å²) >= 11 is 0.793. The molecule has 1 unspecified atom stereocenters. The molecule has 2 aromatic rings. The Labute approximate surface area is 180 Å². The van der Waals surface area contributed by atoms with E-state index in [0.717, 1.165) is 18.0 Å². The highest BCUT2D eigenvalue weighted by molar-refractivity contribution is 7.09. The number of hydrogen-bond acceptors (Lipinski definition) is 7. The lowest BCUT2D eigenvalue weighted by Gasteiger charge is -2.30. The Bertz CT molecular complexity index is 863. The minimum Gasteiger partial charge on any atom is -0.467 e. The van der Waals surface area contributed by atoms with Gasteiger partial charge in [-0.15, -0.1) is 0 Å². The van der Waals surface area contributed by atoms with Crippen LogP contribution >= 0.6 is 11.5 Å². The van der Waals surface area contributed by atoms with Crippen molar-refractivity contribution in [2.45, 2.75) is 52.6 Å². The van der Waals surface area contributed by atoms with E-state index < -0.39 is 17.9 Å². The Hall–Kier alpha value is -2.88. The molecule has 10 heteroatoms. The van der Waals surface area contributed by atoms with Crippen molar-refractivity contribution in [3.05, 3.63) is 34.7 Å². The van der Waals surface area contributed by atoms with E-state index in [1.165, 1.54) is 11.2 Å². The third-order valence-electron chi connectivity index (χ3n) is 4.58. The summed E-state index contributed by atoms with van der Waals surface area (Å²) in [5.41, 5.74) is 11.0. The van der Waals surface area contributed by atoms with E-state index in [0.29, 0.717) is 31.1 Å². The van der Waals surface area contributed by atoms with Gasteiger partial charge in [0.05, 0.1) is 18.5 Å². The molecule has 5 N–H and O–H groups in total. The van der Waals surface area contributed by atoms with E-state index in [2.05, 4.69) is 23.5 Å². The zero-order valence-electron chi connectivity index (χ0n) is 17.5. The number of aromatic nitrogens is 1. The fraction of sp³-hybridized carbons (Fsp3) is 0.500. The molecule has 0 fully saturated rings. The lowest BCUT2D eigenvalue weighted by Crippen LogP contribution is -2.49. The van der Waals surface area contributed by atoms with Gasteiger partial charge in [-0.2, -0.15) is 4.37 Å². The van der Waals surface area contributed by atoms with E-state index in [4.69, 9.17) is 15.9 Å². The number of rotatable bonds is 11. The van der Waals surface area contributed by atoms with Crippen LogP contribution in [0.4, 0.5) is 5.69 Å². The summed E-state index contributed by atoms with van der Waals surface area (Å²) < 4.78 is 9.31. The summed E-state index contributed by atoms with van der Waals surface area (Å²) in [5, 5.41) is 2.92. The lowest BCUT2D eigenvalue weighted by atomic mass is 10.1. The molecule has 30 heavy (non-hydrogen) atoms. The second-order valence-corrected chi connectivity index (χ2v) is 8.20. The number of furan rings is 1. The number of carbonyl (C=O) groups excluding carboxylic acids is 3. The Kier molecular flexibility index (Phi) is 8.40. The van der Waals surface area contributed by atoms with Crippen molar-refractivity contribution in [3.63, 3.8) is 0 Å². The first-order valence-corrected chi connectivity index (χ1v) is 10.7. The molecule has 164 valence electrons. The Morgan fingerprint density at radius 2 is 2.03 bits per heavy atom. The molecule has 2 heterocycles. The second-order valence-electron chi connectivity index (χ2n) is 7.43. The maximum absolute atomic E-state index is 13.4. The zero-order chi connectivity index (χ0) is 22.3. The predicted molar refractivity (Wildman–Crippen MR) is 115 cm³/mol. The lowest BCUT2D eigenvalue weighted by molar-refractivity contribution is -0.126. The van der Waals surface area contributed by atoms with Gasteiger partial charge >= 0.3 is 0 Å². The Morgan fingerprint density at radius 3 is 2.57 bits per heavy atom. The second kappa shape index (κ2) is 10.8. The van der Waals surface area contributed by atoms with Crippen molar-refractivity contribution in [2.75, 3.05) is 12.3 Å². The van der Waals surface area contributed by atoms with Gasteiger partial charge in [0.15, 0.2) is 5.69 Å². The highest BCUT2D eigenvalue weighted by atomic mass is 32.1. The number of primary amides is 1. The fourth-order valence-corrected chi connectivity index (χ4v) is 3.72. The quantitative estimate of drug-likeness (QED) is 0.494. The number of nitrogens with zero attached hydrogens (tertiary/aromatic N) is 2. The van der Waals surface area contributed by atoms with Crippen molar-refractivity contribution < 1.29 is 18.8 Å².